The zero-order valence-electron chi connectivity index (χ0n) is 7.10. The quantitative estimate of drug-likeness (QED) is 0.775. The molecule has 0 aliphatic carbocycles. The van der Waals surface area contributed by atoms with Crippen LogP contribution in [0.1, 0.15) is 18.9 Å². The minimum absolute atomic E-state index is 0.647. The van der Waals surface area contributed by atoms with Crippen LogP contribution in [0.5, 0.6) is 0 Å². The molecule has 1 nitrogen and oxygen atoms in total. The number of anilines is 1. The molecule has 2 rings (SSSR count). The Labute approximate surface area is 81.3 Å². The van der Waals surface area contributed by atoms with Gasteiger partial charge in [0, 0.05) is 16.2 Å². The van der Waals surface area contributed by atoms with Crippen LogP contribution in [0.2, 0.25) is 0 Å². The summed E-state index contributed by atoms with van der Waals surface area (Å²) in [4.78, 5) is 0. The molecule has 0 saturated carbocycles. The highest BCUT2D eigenvalue weighted by Gasteiger charge is 2.18. The number of rotatable bonds is 1. The smallest absolute Gasteiger partial charge is 0.0387 e. The first-order valence-corrected chi connectivity index (χ1v) is 5.14. The molecule has 1 N–H and O–H groups in total. The van der Waals surface area contributed by atoms with Gasteiger partial charge in [-0.3, -0.25) is 0 Å². The molecule has 0 fully saturated rings. The molecule has 0 aromatic heterocycles. The fourth-order valence-corrected chi connectivity index (χ4v) is 2.00. The summed E-state index contributed by atoms with van der Waals surface area (Å²) >= 11 is 3.47. The van der Waals surface area contributed by atoms with Gasteiger partial charge in [0.25, 0.3) is 0 Å². The van der Waals surface area contributed by atoms with Gasteiger partial charge in [-0.1, -0.05) is 28.9 Å². The minimum Gasteiger partial charge on any atom is -0.382 e. The molecular weight excluding hydrogens is 214 g/mol. The number of hydrogen-bond donors (Lipinski definition) is 1. The second-order valence-electron chi connectivity index (χ2n) is 3.26. The van der Waals surface area contributed by atoms with Gasteiger partial charge in [0.1, 0.15) is 0 Å². The Morgan fingerprint density at radius 2 is 2.42 bits per heavy atom. The lowest BCUT2D eigenvalue weighted by Crippen LogP contribution is -2.12. The first-order chi connectivity index (χ1) is 5.79. The van der Waals surface area contributed by atoms with Gasteiger partial charge in [0.15, 0.2) is 0 Å². The molecule has 1 heterocycles. The predicted molar refractivity (Wildman–Crippen MR) is 55.5 cm³/mol. The lowest BCUT2D eigenvalue weighted by atomic mass is 10.1. The summed E-state index contributed by atoms with van der Waals surface area (Å²) in [7, 11) is 0. The Balaban J connectivity index is 2.30. The van der Waals surface area contributed by atoms with Crippen molar-refractivity contribution in [1.29, 1.82) is 0 Å². The number of nitrogens with one attached hydrogen (secondary N) is 1. The Hall–Kier alpha value is -0.500. The van der Waals surface area contributed by atoms with E-state index < -0.39 is 0 Å². The Morgan fingerprint density at radius 1 is 1.58 bits per heavy atom. The van der Waals surface area contributed by atoms with Crippen LogP contribution >= 0.6 is 15.9 Å². The minimum atomic E-state index is 0.647. The van der Waals surface area contributed by atoms with Crippen LogP contribution in [0, 0.1) is 0 Å². The Kier molecular flexibility index (Phi) is 2.09. The highest BCUT2D eigenvalue weighted by Crippen LogP contribution is 2.29. The number of benzene rings is 1. The molecule has 12 heavy (non-hydrogen) atoms. The summed E-state index contributed by atoms with van der Waals surface area (Å²) in [6.45, 7) is 2.22. The first kappa shape index (κ1) is 8.11. The van der Waals surface area contributed by atoms with Gasteiger partial charge in [-0.25, -0.2) is 0 Å². The van der Waals surface area contributed by atoms with E-state index in [0.717, 1.165) is 4.47 Å². The van der Waals surface area contributed by atoms with Crippen LogP contribution in [0.3, 0.4) is 0 Å². The number of hydrogen-bond acceptors (Lipinski definition) is 1. The molecule has 0 saturated heterocycles. The van der Waals surface area contributed by atoms with Crippen molar-refractivity contribution < 1.29 is 0 Å². The topological polar surface area (TPSA) is 12.0 Å². The predicted octanol–water partition coefficient (Wildman–Crippen LogP) is 3.20. The van der Waals surface area contributed by atoms with Crippen LogP contribution in [-0.4, -0.2) is 6.04 Å². The van der Waals surface area contributed by atoms with E-state index in [1.807, 2.05) is 0 Å². The van der Waals surface area contributed by atoms with Gasteiger partial charge < -0.3 is 5.32 Å². The van der Waals surface area contributed by atoms with E-state index in [0.29, 0.717) is 6.04 Å². The van der Waals surface area contributed by atoms with Crippen molar-refractivity contribution in [3.05, 3.63) is 28.2 Å². The van der Waals surface area contributed by atoms with Crippen LogP contribution in [0.25, 0.3) is 0 Å². The zero-order chi connectivity index (χ0) is 8.55. The highest BCUT2D eigenvalue weighted by molar-refractivity contribution is 9.10. The van der Waals surface area contributed by atoms with Crippen molar-refractivity contribution in [3.8, 4) is 0 Å². The van der Waals surface area contributed by atoms with E-state index in [2.05, 4.69) is 46.4 Å². The summed E-state index contributed by atoms with van der Waals surface area (Å²) in [6.07, 6.45) is 2.38. The van der Waals surface area contributed by atoms with Gasteiger partial charge in [0.2, 0.25) is 0 Å². The van der Waals surface area contributed by atoms with E-state index in [1.54, 1.807) is 0 Å². The number of fused-ring (bicyclic) bond motifs is 1. The fourth-order valence-electron chi connectivity index (χ4n) is 1.64. The largest absolute Gasteiger partial charge is 0.382 e. The van der Waals surface area contributed by atoms with Crippen molar-refractivity contribution in [3.63, 3.8) is 0 Å². The molecule has 64 valence electrons. The van der Waals surface area contributed by atoms with Crippen LogP contribution < -0.4 is 5.32 Å². The van der Waals surface area contributed by atoms with E-state index in [9.17, 15) is 0 Å². The maximum atomic E-state index is 3.49. The molecule has 1 aliphatic heterocycles. The molecule has 0 spiro atoms. The molecule has 1 aromatic rings. The normalized spacial score (nSPS) is 20.3. The van der Waals surface area contributed by atoms with E-state index >= 15 is 0 Å². The molecule has 1 aliphatic rings. The van der Waals surface area contributed by atoms with Crippen molar-refractivity contribution in [2.45, 2.75) is 25.8 Å². The fraction of sp³-hybridized carbons (Fsp3) is 0.400. The average molecular weight is 226 g/mol. The van der Waals surface area contributed by atoms with Gasteiger partial charge >= 0.3 is 0 Å². The van der Waals surface area contributed by atoms with Crippen LogP contribution in [0.4, 0.5) is 5.69 Å². The lowest BCUT2D eigenvalue weighted by Gasteiger charge is -2.06. The third-order valence-corrected chi connectivity index (χ3v) is 2.88. The van der Waals surface area contributed by atoms with Gasteiger partial charge in [-0.15, -0.1) is 0 Å². The summed E-state index contributed by atoms with van der Waals surface area (Å²) < 4.78 is 1.16. The van der Waals surface area contributed by atoms with Gasteiger partial charge in [0.05, 0.1) is 0 Å². The molecule has 1 aromatic carbocycles. The summed E-state index contributed by atoms with van der Waals surface area (Å²) in [6, 6.07) is 7.11. The summed E-state index contributed by atoms with van der Waals surface area (Å²) in [5, 5.41) is 3.49. The first-order valence-electron chi connectivity index (χ1n) is 4.34. The van der Waals surface area contributed by atoms with Crippen molar-refractivity contribution >= 4 is 21.6 Å². The Bertz CT molecular complexity index is 296. The monoisotopic (exact) mass is 225 g/mol. The molecule has 1 atom stereocenters. The SMILES string of the molecule is CCC1Cc2ccc(Br)cc2N1. The van der Waals surface area contributed by atoms with Gasteiger partial charge in [-0.2, -0.15) is 0 Å². The molecule has 0 bridgehead atoms. The van der Waals surface area contributed by atoms with Crippen LogP contribution in [-0.2, 0) is 6.42 Å². The van der Waals surface area contributed by atoms with E-state index in [1.165, 1.54) is 24.1 Å². The van der Waals surface area contributed by atoms with Crippen LogP contribution in [0.15, 0.2) is 22.7 Å². The average Bonchev–Trinajstić information content (AvgIpc) is 2.46. The van der Waals surface area contributed by atoms with Gasteiger partial charge in [-0.05, 0) is 30.5 Å². The second-order valence-corrected chi connectivity index (χ2v) is 4.17. The highest BCUT2D eigenvalue weighted by atomic mass is 79.9. The standard InChI is InChI=1S/C10H12BrN/c1-2-9-5-7-3-4-8(11)6-10(7)12-9/h3-4,6,9,12H,2,5H2,1H3. The maximum absolute atomic E-state index is 3.49. The molecule has 0 radical (unpaired) electrons. The molecule has 0 amide bonds. The molecule has 2 heteroatoms. The summed E-state index contributed by atoms with van der Waals surface area (Å²) in [5.74, 6) is 0. The lowest BCUT2D eigenvalue weighted by molar-refractivity contribution is 0.723. The zero-order valence-corrected chi connectivity index (χ0v) is 8.69. The van der Waals surface area contributed by atoms with Crippen molar-refractivity contribution in [2.75, 3.05) is 5.32 Å². The summed E-state index contributed by atoms with van der Waals surface area (Å²) in [5.41, 5.74) is 2.75. The maximum Gasteiger partial charge on any atom is 0.0387 e. The van der Waals surface area contributed by atoms with Crippen molar-refractivity contribution in [1.82, 2.24) is 0 Å². The van der Waals surface area contributed by atoms with E-state index in [4.69, 9.17) is 0 Å². The van der Waals surface area contributed by atoms with E-state index in [-0.39, 0.29) is 0 Å². The molecule has 1 unspecified atom stereocenters. The van der Waals surface area contributed by atoms with Crippen molar-refractivity contribution in [2.24, 2.45) is 0 Å². The number of halogens is 1. The second kappa shape index (κ2) is 3.09. The third kappa shape index (κ3) is 1.36. The third-order valence-electron chi connectivity index (χ3n) is 2.39. The Morgan fingerprint density at radius 3 is 3.17 bits per heavy atom. The molecular formula is C10H12BrN.